The van der Waals surface area contributed by atoms with Gasteiger partial charge in [0.05, 0.1) is 32.8 Å². The van der Waals surface area contributed by atoms with E-state index >= 15 is 0 Å². The Hall–Kier alpha value is -2.15. The fourth-order valence-electron chi connectivity index (χ4n) is 2.20. The van der Waals surface area contributed by atoms with E-state index in [0.717, 1.165) is 0 Å². The van der Waals surface area contributed by atoms with Crippen LogP contribution in [0.25, 0.3) is 0 Å². The van der Waals surface area contributed by atoms with Crippen molar-refractivity contribution in [2.45, 2.75) is 12.5 Å². The summed E-state index contributed by atoms with van der Waals surface area (Å²) in [5.74, 6) is -0.969. The number of methoxy groups -OCH3 is 1. The molecule has 7 heteroatoms. The van der Waals surface area contributed by atoms with Gasteiger partial charge in [0.15, 0.2) is 0 Å². The first-order chi connectivity index (χ1) is 9.63. The van der Waals surface area contributed by atoms with Crippen LogP contribution in [-0.4, -0.2) is 54.9 Å². The molecule has 0 bridgehead atoms. The summed E-state index contributed by atoms with van der Waals surface area (Å²) in [4.78, 5) is 28.7. The number of anilines is 1. The van der Waals surface area contributed by atoms with Gasteiger partial charge in [-0.05, 0) is 12.1 Å². The highest BCUT2D eigenvalue weighted by Gasteiger charge is 2.29. The van der Waals surface area contributed by atoms with Crippen LogP contribution in [0.3, 0.4) is 0 Å². The number of hydrogen-bond acceptors (Lipinski definition) is 6. The number of aromatic nitrogens is 1. The average molecular weight is 280 g/mol. The standard InChI is InChI=1S/C13H16N2O5/c1-19-13(18)10-3-2-4-14-12(10)15-5-6-20-8-9(15)7-11(16)17/h2-4,9H,5-8H2,1H3,(H,16,17). The molecule has 1 aliphatic rings. The summed E-state index contributed by atoms with van der Waals surface area (Å²) in [5, 5.41) is 8.96. The van der Waals surface area contributed by atoms with Gasteiger partial charge in [-0.1, -0.05) is 0 Å². The Morgan fingerprint density at radius 1 is 1.60 bits per heavy atom. The summed E-state index contributed by atoms with van der Waals surface area (Å²) in [5.41, 5.74) is 0.326. The molecule has 0 saturated carbocycles. The Balaban J connectivity index is 2.32. The van der Waals surface area contributed by atoms with Crippen molar-refractivity contribution >= 4 is 17.8 Å². The number of carboxylic acids is 1. The lowest BCUT2D eigenvalue weighted by Gasteiger charge is -2.36. The zero-order valence-corrected chi connectivity index (χ0v) is 11.1. The quantitative estimate of drug-likeness (QED) is 0.805. The summed E-state index contributed by atoms with van der Waals surface area (Å²) in [6.45, 7) is 1.25. The van der Waals surface area contributed by atoms with Gasteiger partial charge in [0.25, 0.3) is 0 Å². The third kappa shape index (κ3) is 3.05. The Bertz CT molecular complexity index is 505. The molecule has 1 fully saturated rings. The number of pyridine rings is 1. The zero-order chi connectivity index (χ0) is 14.5. The van der Waals surface area contributed by atoms with Crippen LogP contribution in [0.2, 0.25) is 0 Å². The molecule has 1 N–H and O–H groups in total. The van der Waals surface area contributed by atoms with Crippen LogP contribution in [0.15, 0.2) is 18.3 Å². The predicted molar refractivity (Wildman–Crippen MR) is 69.8 cm³/mol. The van der Waals surface area contributed by atoms with Gasteiger partial charge in [-0.15, -0.1) is 0 Å². The van der Waals surface area contributed by atoms with Gasteiger partial charge in [0.1, 0.15) is 11.4 Å². The normalized spacial score (nSPS) is 18.6. The minimum atomic E-state index is -0.916. The lowest BCUT2D eigenvalue weighted by Crippen LogP contribution is -2.47. The molecule has 1 atom stereocenters. The van der Waals surface area contributed by atoms with Crippen LogP contribution >= 0.6 is 0 Å². The summed E-state index contributed by atoms with van der Waals surface area (Å²) in [6, 6.07) is 2.91. The van der Waals surface area contributed by atoms with Crippen molar-refractivity contribution in [1.82, 2.24) is 4.98 Å². The molecule has 1 aromatic rings. The van der Waals surface area contributed by atoms with E-state index in [0.29, 0.717) is 31.1 Å². The van der Waals surface area contributed by atoms with Gasteiger partial charge in [0.2, 0.25) is 0 Å². The number of aliphatic carboxylic acids is 1. The molecule has 1 unspecified atom stereocenters. The second-order valence-corrected chi connectivity index (χ2v) is 4.39. The Labute approximate surface area is 116 Å². The molecular weight excluding hydrogens is 264 g/mol. The third-order valence-corrected chi connectivity index (χ3v) is 3.10. The van der Waals surface area contributed by atoms with Crippen LogP contribution in [0.1, 0.15) is 16.8 Å². The van der Waals surface area contributed by atoms with Crippen LogP contribution in [-0.2, 0) is 14.3 Å². The number of morpholine rings is 1. The summed E-state index contributed by atoms with van der Waals surface area (Å²) >= 11 is 0. The molecular formula is C13H16N2O5. The highest BCUT2D eigenvalue weighted by molar-refractivity contribution is 5.94. The van der Waals surface area contributed by atoms with E-state index in [-0.39, 0.29) is 12.5 Å². The maximum Gasteiger partial charge on any atom is 0.341 e. The van der Waals surface area contributed by atoms with Crippen molar-refractivity contribution in [3.63, 3.8) is 0 Å². The van der Waals surface area contributed by atoms with Crippen LogP contribution in [0, 0.1) is 0 Å². The van der Waals surface area contributed by atoms with Crippen molar-refractivity contribution in [1.29, 1.82) is 0 Å². The number of nitrogens with zero attached hydrogens (tertiary/aromatic N) is 2. The molecule has 0 aliphatic carbocycles. The Morgan fingerprint density at radius 2 is 2.40 bits per heavy atom. The minimum absolute atomic E-state index is 0.0722. The van der Waals surface area contributed by atoms with Gasteiger partial charge in [0, 0.05) is 12.7 Å². The molecule has 1 saturated heterocycles. The third-order valence-electron chi connectivity index (χ3n) is 3.10. The largest absolute Gasteiger partial charge is 0.481 e. The van der Waals surface area contributed by atoms with Crippen molar-refractivity contribution < 1.29 is 24.2 Å². The van der Waals surface area contributed by atoms with Crippen molar-refractivity contribution in [2.75, 3.05) is 31.8 Å². The lowest BCUT2D eigenvalue weighted by molar-refractivity contribution is -0.138. The van der Waals surface area contributed by atoms with Crippen molar-refractivity contribution in [3.05, 3.63) is 23.9 Å². The number of esters is 1. The molecule has 1 aromatic heterocycles. The molecule has 0 radical (unpaired) electrons. The van der Waals surface area contributed by atoms with E-state index in [1.54, 1.807) is 23.2 Å². The Morgan fingerprint density at radius 3 is 3.10 bits per heavy atom. The first kappa shape index (κ1) is 14.3. The summed E-state index contributed by atoms with van der Waals surface area (Å²) < 4.78 is 10.0. The maximum atomic E-state index is 11.8. The van der Waals surface area contributed by atoms with Crippen LogP contribution in [0.5, 0.6) is 0 Å². The molecule has 20 heavy (non-hydrogen) atoms. The molecule has 2 heterocycles. The lowest BCUT2D eigenvalue weighted by atomic mass is 10.1. The van der Waals surface area contributed by atoms with Crippen molar-refractivity contribution in [2.24, 2.45) is 0 Å². The first-order valence-corrected chi connectivity index (χ1v) is 6.23. The number of carbonyl (C=O) groups is 2. The number of ether oxygens (including phenoxy) is 2. The molecule has 2 rings (SSSR count). The molecule has 1 aliphatic heterocycles. The SMILES string of the molecule is COC(=O)c1cccnc1N1CCOCC1CC(=O)O. The van der Waals surface area contributed by atoms with Gasteiger partial charge in [-0.2, -0.15) is 0 Å². The zero-order valence-electron chi connectivity index (χ0n) is 11.1. The highest BCUT2D eigenvalue weighted by atomic mass is 16.5. The van der Waals surface area contributed by atoms with Gasteiger partial charge < -0.3 is 19.5 Å². The fraction of sp³-hybridized carbons (Fsp3) is 0.462. The van der Waals surface area contributed by atoms with Gasteiger partial charge in [-0.25, -0.2) is 9.78 Å². The molecule has 0 amide bonds. The summed E-state index contributed by atoms with van der Waals surface area (Å²) in [6.07, 6.45) is 1.49. The summed E-state index contributed by atoms with van der Waals surface area (Å²) in [7, 11) is 1.30. The number of carbonyl (C=O) groups excluding carboxylic acids is 1. The second-order valence-electron chi connectivity index (χ2n) is 4.39. The smallest absolute Gasteiger partial charge is 0.341 e. The van der Waals surface area contributed by atoms with E-state index in [4.69, 9.17) is 14.6 Å². The van der Waals surface area contributed by atoms with Gasteiger partial charge in [-0.3, -0.25) is 4.79 Å². The minimum Gasteiger partial charge on any atom is -0.481 e. The molecule has 0 aromatic carbocycles. The molecule has 108 valence electrons. The van der Waals surface area contributed by atoms with Crippen LogP contribution in [0.4, 0.5) is 5.82 Å². The molecule has 0 spiro atoms. The van der Waals surface area contributed by atoms with E-state index < -0.39 is 11.9 Å². The number of hydrogen-bond donors (Lipinski definition) is 1. The fourth-order valence-corrected chi connectivity index (χ4v) is 2.20. The predicted octanol–water partition coefficient (Wildman–Crippen LogP) is 0.548. The monoisotopic (exact) mass is 280 g/mol. The average Bonchev–Trinajstić information content (AvgIpc) is 2.46. The Kier molecular flexibility index (Phi) is 4.52. The highest BCUT2D eigenvalue weighted by Crippen LogP contribution is 2.23. The van der Waals surface area contributed by atoms with Crippen LogP contribution < -0.4 is 4.90 Å². The van der Waals surface area contributed by atoms with Crippen molar-refractivity contribution in [3.8, 4) is 0 Å². The van der Waals surface area contributed by atoms with Gasteiger partial charge >= 0.3 is 11.9 Å². The second kappa shape index (κ2) is 6.33. The topological polar surface area (TPSA) is 89.0 Å². The number of rotatable bonds is 4. The van der Waals surface area contributed by atoms with E-state index in [9.17, 15) is 9.59 Å². The molecule has 7 nitrogen and oxygen atoms in total. The maximum absolute atomic E-state index is 11.8. The van der Waals surface area contributed by atoms with E-state index in [1.807, 2.05) is 0 Å². The van der Waals surface area contributed by atoms with E-state index in [2.05, 4.69) is 4.98 Å². The number of carboxylic acid groups (broad SMARTS) is 1. The van der Waals surface area contributed by atoms with E-state index in [1.165, 1.54) is 7.11 Å². The first-order valence-electron chi connectivity index (χ1n) is 6.23.